The van der Waals surface area contributed by atoms with Crippen molar-refractivity contribution in [1.82, 2.24) is 0 Å². The lowest BCUT2D eigenvalue weighted by Gasteiger charge is -2.09. The van der Waals surface area contributed by atoms with Crippen molar-refractivity contribution >= 4 is 12.0 Å². The normalized spacial score (nSPS) is 11.1. The average molecular weight is 282 g/mol. The Morgan fingerprint density at radius 2 is 1.43 bits per heavy atom. The summed E-state index contributed by atoms with van der Waals surface area (Å²) in [6.45, 7) is 4.00. The van der Waals surface area contributed by atoms with Gasteiger partial charge in [0.15, 0.2) is 0 Å². The number of carbonyl (C=O) groups is 1. The molecule has 0 bridgehead atoms. The monoisotopic (exact) mass is 282 g/mol. The minimum Gasteiger partial charge on any atom is -0.463 e. The van der Waals surface area contributed by atoms with Crippen molar-refractivity contribution in [3.8, 4) is 5.75 Å². The van der Waals surface area contributed by atoms with Gasteiger partial charge in [-0.1, -0.05) is 47.5 Å². The second-order valence-electron chi connectivity index (χ2n) is 4.83. The maximum atomic E-state index is 11.8. The van der Waals surface area contributed by atoms with E-state index in [4.69, 9.17) is 9.47 Å². The van der Waals surface area contributed by atoms with E-state index in [1.165, 1.54) is 7.11 Å². The molecule has 0 saturated carbocycles. The number of benzene rings is 2. The number of ether oxygens (including phenoxy) is 2. The second kappa shape index (κ2) is 6.75. The smallest absolute Gasteiger partial charge is 0.373 e. The van der Waals surface area contributed by atoms with Crippen molar-refractivity contribution in [2.45, 2.75) is 13.8 Å². The van der Waals surface area contributed by atoms with Crippen LogP contribution in [0.1, 0.15) is 16.7 Å². The van der Waals surface area contributed by atoms with Gasteiger partial charge in [0, 0.05) is 0 Å². The quantitative estimate of drug-likeness (QED) is 0.485. The van der Waals surface area contributed by atoms with E-state index in [2.05, 4.69) is 0 Å². The summed E-state index contributed by atoms with van der Waals surface area (Å²) >= 11 is 0. The van der Waals surface area contributed by atoms with Gasteiger partial charge in [-0.25, -0.2) is 4.79 Å². The molecule has 0 unspecified atom stereocenters. The minimum absolute atomic E-state index is 0.158. The van der Waals surface area contributed by atoms with E-state index in [0.29, 0.717) is 5.75 Å². The van der Waals surface area contributed by atoms with E-state index in [0.717, 1.165) is 16.7 Å². The highest BCUT2D eigenvalue weighted by Gasteiger charge is 2.12. The zero-order chi connectivity index (χ0) is 15.2. The van der Waals surface area contributed by atoms with Crippen LogP contribution in [0.5, 0.6) is 5.75 Å². The number of esters is 1. The van der Waals surface area contributed by atoms with E-state index in [9.17, 15) is 4.79 Å². The maximum Gasteiger partial charge on any atom is 0.373 e. The van der Waals surface area contributed by atoms with Gasteiger partial charge in [-0.2, -0.15) is 0 Å². The predicted octanol–water partition coefficient (Wildman–Crippen LogP) is 3.90. The van der Waals surface area contributed by atoms with Crippen LogP contribution in [0.3, 0.4) is 0 Å². The van der Waals surface area contributed by atoms with Crippen LogP contribution in [-0.4, -0.2) is 13.1 Å². The number of carbonyl (C=O) groups excluding carboxylic acids is 1. The van der Waals surface area contributed by atoms with Gasteiger partial charge in [0.25, 0.3) is 0 Å². The Labute approximate surface area is 124 Å². The lowest BCUT2D eigenvalue weighted by Crippen LogP contribution is -2.10. The molecular formula is C18H18O3. The molecule has 0 radical (unpaired) electrons. The fraction of sp³-hybridized carbons (Fsp3) is 0.167. The third kappa shape index (κ3) is 4.21. The summed E-state index contributed by atoms with van der Waals surface area (Å²) in [5, 5.41) is 0. The van der Waals surface area contributed by atoms with Gasteiger partial charge >= 0.3 is 5.97 Å². The van der Waals surface area contributed by atoms with E-state index >= 15 is 0 Å². The number of hydrogen-bond acceptors (Lipinski definition) is 3. The molecule has 0 heterocycles. The topological polar surface area (TPSA) is 35.5 Å². The highest BCUT2D eigenvalue weighted by molar-refractivity contribution is 5.91. The average Bonchev–Trinajstić information content (AvgIpc) is 2.50. The third-order valence-electron chi connectivity index (χ3n) is 3.01. The zero-order valence-electron chi connectivity index (χ0n) is 12.4. The zero-order valence-corrected chi connectivity index (χ0v) is 12.4. The van der Waals surface area contributed by atoms with E-state index in [-0.39, 0.29) is 5.76 Å². The fourth-order valence-electron chi connectivity index (χ4n) is 1.78. The molecular weight excluding hydrogens is 264 g/mol. The number of aryl methyl sites for hydroxylation is 2. The first-order valence-electron chi connectivity index (χ1n) is 6.69. The largest absolute Gasteiger partial charge is 0.463 e. The molecule has 0 aliphatic heterocycles. The third-order valence-corrected chi connectivity index (χ3v) is 3.01. The molecule has 21 heavy (non-hydrogen) atoms. The molecule has 0 atom stereocenters. The summed E-state index contributed by atoms with van der Waals surface area (Å²) in [6, 6.07) is 15.3. The van der Waals surface area contributed by atoms with Crippen molar-refractivity contribution in [2.24, 2.45) is 0 Å². The van der Waals surface area contributed by atoms with Gasteiger partial charge in [0.2, 0.25) is 5.76 Å². The van der Waals surface area contributed by atoms with Crippen LogP contribution in [0.25, 0.3) is 6.08 Å². The summed E-state index contributed by atoms with van der Waals surface area (Å²) in [5.41, 5.74) is 3.17. The van der Waals surface area contributed by atoms with E-state index < -0.39 is 5.97 Å². The highest BCUT2D eigenvalue weighted by atomic mass is 16.6. The van der Waals surface area contributed by atoms with Gasteiger partial charge in [-0.05, 0) is 37.6 Å². The molecule has 2 rings (SSSR count). The number of methoxy groups -OCH3 is 1. The Morgan fingerprint density at radius 1 is 0.905 bits per heavy atom. The SMILES string of the molecule is COC(=O)/C(=C/c1ccc(C)cc1)Oc1ccc(C)cc1. The lowest BCUT2D eigenvalue weighted by molar-refractivity contribution is -0.138. The first-order valence-corrected chi connectivity index (χ1v) is 6.69. The maximum absolute atomic E-state index is 11.8. The van der Waals surface area contributed by atoms with Crippen LogP contribution in [0.2, 0.25) is 0 Å². The van der Waals surface area contributed by atoms with Gasteiger partial charge in [-0.3, -0.25) is 0 Å². The highest BCUT2D eigenvalue weighted by Crippen LogP contribution is 2.18. The molecule has 3 nitrogen and oxygen atoms in total. The van der Waals surface area contributed by atoms with Crippen LogP contribution < -0.4 is 4.74 Å². The molecule has 2 aromatic carbocycles. The lowest BCUT2D eigenvalue weighted by atomic mass is 10.1. The van der Waals surface area contributed by atoms with Crippen LogP contribution >= 0.6 is 0 Å². The molecule has 0 aromatic heterocycles. The predicted molar refractivity (Wildman–Crippen MR) is 83.0 cm³/mol. The minimum atomic E-state index is -0.504. The van der Waals surface area contributed by atoms with Crippen molar-refractivity contribution < 1.29 is 14.3 Å². The van der Waals surface area contributed by atoms with E-state index in [1.54, 1.807) is 6.08 Å². The van der Waals surface area contributed by atoms with Crippen molar-refractivity contribution in [3.05, 3.63) is 71.0 Å². The molecule has 0 aliphatic rings. The summed E-state index contributed by atoms with van der Waals surface area (Å²) in [7, 11) is 1.34. The summed E-state index contributed by atoms with van der Waals surface area (Å²) in [4.78, 5) is 11.8. The van der Waals surface area contributed by atoms with Crippen LogP contribution in [0.4, 0.5) is 0 Å². The fourth-order valence-corrected chi connectivity index (χ4v) is 1.78. The Hall–Kier alpha value is -2.55. The summed E-state index contributed by atoms with van der Waals surface area (Å²) in [5.74, 6) is 0.255. The second-order valence-corrected chi connectivity index (χ2v) is 4.83. The van der Waals surface area contributed by atoms with Crippen LogP contribution in [-0.2, 0) is 9.53 Å². The Morgan fingerprint density at radius 3 is 1.95 bits per heavy atom. The molecule has 0 amide bonds. The first-order chi connectivity index (χ1) is 10.1. The molecule has 0 N–H and O–H groups in total. The van der Waals surface area contributed by atoms with Gasteiger partial charge in [0.1, 0.15) is 5.75 Å². The standard InChI is InChI=1S/C18H18O3/c1-13-4-8-15(9-5-13)12-17(18(19)20-3)21-16-10-6-14(2)7-11-16/h4-12H,1-3H3/b17-12-. The Balaban J connectivity index is 2.27. The summed E-state index contributed by atoms with van der Waals surface area (Å²) < 4.78 is 10.4. The first kappa shape index (κ1) is 14.9. The molecule has 0 fully saturated rings. The van der Waals surface area contributed by atoms with Gasteiger partial charge in [0.05, 0.1) is 7.11 Å². The summed E-state index contributed by atoms with van der Waals surface area (Å²) in [6.07, 6.45) is 1.67. The van der Waals surface area contributed by atoms with Crippen molar-refractivity contribution in [1.29, 1.82) is 0 Å². The number of rotatable bonds is 4. The molecule has 3 heteroatoms. The molecule has 2 aromatic rings. The van der Waals surface area contributed by atoms with Gasteiger partial charge < -0.3 is 9.47 Å². The van der Waals surface area contributed by atoms with Crippen molar-refractivity contribution in [3.63, 3.8) is 0 Å². The molecule has 108 valence electrons. The molecule has 0 spiro atoms. The van der Waals surface area contributed by atoms with Crippen LogP contribution in [0, 0.1) is 13.8 Å². The number of hydrogen-bond donors (Lipinski definition) is 0. The van der Waals surface area contributed by atoms with Crippen molar-refractivity contribution in [2.75, 3.05) is 7.11 Å². The van der Waals surface area contributed by atoms with Gasteiger partial charge in [-0.15, -0.1) is 0 Å². The molecule has 0 saturated heterocycles. The van der Waals surface area contributed by atoms with Crippen LogP contribution in [0.15, 0.2) is 54.3 Å². The Bertz CT molecular complexity index is 637. The van der Waals surface area contributed by atoms with E-state index in [1.807, 2.05) is 62.4 Å². The Kier molecular flexibility index (Phi) is 4.77. The molecule has 0 aliphatic carbocycles.